The van der Waals surface area contributed by atoms with Crippen molar-refractivity contribution in [2.75, 3.05) is 0 Å². The summed E-state index contributed by atoms with van der Waals surface area (Å²) >= 11 is 1.91. The maximum Gasteiger partial charge on any atom is 0.0336 e. The van der Waals surface area contributed by atoms with E-state index < -0.39 is 0 Å². The summed E-state index contributed by atoms with van der Waals surface area (Å²) in [5.41, 5.74) is 4.25. The lowest BCUT2D eigenvalue weighted by Crippen LogP contribution is -2.27. The molecular weight excluding hydrogens is 250 g/mol. The SMILES string of the molecule is Cc1ccc([C@@H](C)NC2CCCc3sccc32)cc1. The molecule has 0 bridgehead atoms. The molecule has 0 saturated heterocycles. The summed E-state index contributed by atoms with van der Waals surface area (Å²) in [6, 6.07) is 12.1. The molecule has 0 spiro atoms. The van der Waals surface area contributed by atoms with Crippen molar-refractivity contribution in [2.45, 2.75) is 45.2 Å². The molecule has 0 amide bonds. The molecule has 0 radical (unpaired) electrons. The number of fused-ring (bicyclic) bond motifs is 1. The number of benzene rings is 1. The zero-order valence-corrected chi connectivity index (χ0v) is 12.5. The van der Waals surface area contributed by atoms with Gasteiger partial charge in [-0.25, -0.2) is 0 Å². The first kappa shape index (κ1) is 12.9. The van der Waals surface area contributed by atoms with Gasteiger partial charge < -0.3 is 5.32 Å². The molecule has 1 nitrogen and oxygen atoms in total. The number of thiophene rings is 1. The molecule has 1 heterocycles. The molecular formula is C17H21NS. The van der Waals surface area contributed by atoms with Gasteiger partial charge >= 0.3 is 0 Å². The summed E-state index contributed by atoms with van der Waals surface area (Å²) < 4.78 is 0. The van der Waals surface area contributed by atoms with Gasteiger partial charge in [-0.2, -0.15) is 0 Å². The first-order valence-corrected chi connectivity index (χ1v) is 8.01. The van der Waals surface area contributed by atoms with Gasteiger partial charge in [0.25, 0.3) is 0 Å². The van der Waals surface area contributed by atoms with Crippen LogP contribution in [0.1, 0.15) is 53.4 Å². The minimum Gasteiger partial charge on any atom is -0.303 e. The Morgan fingerprint density at radius 1 is 1.21 bits per heavy atom. The highest BCUT2D eigenvalue weighted by molar-refractivity contribution is 7.10. The third-order valence-electron chi connectivity index (χ3n) is 4.08. The molecule has 0 saturated carbocycles. The second kappa shape index (κ2) is 5.48. The molecule has 3 rings (SSSR count). The lowest BCUT2D eigenvalue weighted by molar-refractivity contribution is 0.418. The predicted molar refractivity (Wildman–Crippen MR) is 82.7 cm³/mol. The normalized spacial score (nSPS) is 20.0. The van der Waals surface area contributed by atoms with Crippen LogP contribution >= 0.6 is 11.3 Å². The van der Waals surface area contributed by atoms with Crippen LogP contribution in [0.25, 0.3) is 0 Å². The first-order valence-electron chi connectivity index (χ1n) is 7.13. The molecule has 0 fully saturated rings. The smallest absolute Gasteiger partial charge is 0.0336 e. The molecule has 2 atom stereocenters. The zero-order valence-electron chi connectivity index (χ0n) is 11.6. The topological polar surface area (TPSA) is 12.0 Å². The summed E-state index contributed by atoms with van der Waals surface area (Å²) in [4.78, 5) is 1.58. The number of hydrogen-bond acceptors (Lipinski definition) is 2. The third kappa shape index (κ3) is 2.75. The molecule has 1 unspecified atom stereocenters. The molecule has 1 aliphatic carbocycles. The van der Waals surface area contributed by atoms with Crippen molar-refractivity contribution in [1.82, 2.24) is 5.32 Å². The lowest BCUT2D eigenvalue weighted by atomic mass is 9.93. The van der Waals surface area contributed by atoms with E-state index in [9.17, 15) is 0 Å². The van der Waals surface area contributed by atoms with E-state index in [0.29, 0.717) is 12.1 Å². The van der Waals surface area contributed by atoms with E-state index in [2.05, 4.69) is 54.9 Å². The van der Waals surface area contributed by atoms with E-state index >= 15 is 0 Å². The van der Waals surface area contributed by atoms with E-state index in [1.165, 1.54) is 36.0 Å². The number of aryl methyl sites for hydroxylation is 2. The summed E-state index contributed by atoms with van der Waals surface area (Å²) in [6.45, 7) is 4.41. The lowest BCUT2D eigenvalue weighted by Gasteiger charge is -2.27. The molecule has 1 aromatic heterocycles. The van der Waals surface area contributed by atoms with Crippen molar-refractivity contribution >= 4 is 11.3 Å². The molecule has 2 aromatic rings. The van der Waals surface area contributed by atoms with Gasteiger partial charge in [0.1, 0.15) is 0 Å². The standard InChI is InChI=1S/C17H21NS/c1-12-6-8-14(9-7-12)13(2)18-16-4-3-5-17-15(16)10-11-19-17/h6-11,13,16,18H,3-5H2,1-2H3/t13-,16?/m1/s1. The largest absolute Gasteiger partial charge is 0.303 e. The van der Waals surface area contributed by atoms with E-state index in [1.807, 2.05) is 11.3 Å². The highest BCUT2D eigenvalue weighted by atomic mass is 32.1. The number of nitrogens with one attached hydrogen (secondary N) is 1. The fourth-order valence-electron chi connectivity index (χ4n) is 2.91. The predicted octanol–water partition coefficient (Wildman–Crippen LogP) is 4.78. The Bertz CT molecular complexity index is 541. The minimum atomic E-state index is 0.413. The summed E-state index contributed by atoms with van der Waals surface area (Å²) in [5, 5.41) is 6.04. The molecule has 1 N–H and O–H groups in total. The maximum atomic E-state index is 3.80. The Hall–Kier alpha value is -1.12. The average Bonchev–Trinajstić information content (AvgIpc) is 2.89. The second-order valence-electron chi connectivity index (χ2n) is 5.54. The van der Waals surface area contributed by atoms with Crippen molar-refractivity contribution in [2.24, 2.45) is 0 Å². The van der Waals surface area contributed by atoms with Crippen molar-refractivity contribution in [1.29, 1.82) is 0 Å². The monoisotopic (exact) mass is 271 g/mol. The van der Waals surface area contributed by atoms with E-state index in [0.717, 1.165) is 0 Å². The molecule has 0 aliphatic heterocycles. The van der Waals surface area contributed by atoms with Crippen LogP contribution in [0.4, 0.5) is 0 Å². The molecule has 19 heavy (non-hydrogen) atoms. The molecule has 100 valence electrons. The molecule has 1 aliphatic rings. The van der Waals surface area contributed by atoms with E-state index in [-0.39, 0.29) is 0 Å². The van der Waals surface area contributed by atoms with Gasteiger partial charge in [-0.3, -0.25) is 0 Å². The van der Waals surface area contributed by atoms with Crippen LogP contribution in [-0.2, 0) is 6.42 Å². The van der Waals surface area contributed by atoms with Crippen molar-refractivity contribution < 1.29 is 0 Å². The molecule has 2 heteroatoms. The van der Waals surface area contributed by atoms with E-state index in [1.54, 1.807) is 4.88 Å². The quantitative estimate of drug-likeness (QED) is 0.846. The summed E-state index contributed by atoms with van der Waals surface area (Å²) in [6.07, 6.45) is 3.84. The van der Waals surface area contributed by atoms with Crippen molar-refractivity contribution in [3.63, 3.8) is 0 Å². The minimum absolute atomic E-state index is 0.413. The van der Waals surface area contributed by atoms with Gasteiger partial charge in [0.15, 0.2) is 0 Å². The Balaban J connectivity index is 1.74. The van der Waals surface area contributed by atoms with Crippen LogP contribution < -0.4 is 5.32 Å². The van der Waals surface area contributed by atoms with Gasteiger partial charge in [-0.1, -0.05) is 29.8 Å². The highest BCUT2D eigenvalue weighted by Crippen LogP contribution is 2.34. The van der Waals surface area contributed by atoms with Gasteiger partial charge in [-0.05, 0) is 55.7 Å². The average molecular weight is 271 g/mol. The second-order valence-corrected chi connectivity index (χ2v) is 6.54. The van der Waals surface area contributed by atoms with E-state index in [4.69, 9.17) is 0 Å². The Labute approximate surface area is 119 Å². The number of rotatable bonds is 3. The Kier molecular flexibility index (Phi) is 3.72. The van der Waals surface area contributed by atoms with Crippen LogP contribution in [-0.4, -0.2) is 0 Å². The maximum absolute atomic E-state index is 3.80. The van der Waals surface area contributed by atoms with Crippen molar-refractivity contribution in [3.8, 4) is 0 Å². The van der Waals surface area contributed by atoms with Crippen LogP contribution in [0.3, 0.4) is 0 Å². The van der Waals surface area contributed by atoms with Gasteiger partial charge in [0.05, 0.1) is 0 Å². The summed E-state index contributed by atoms with van der Waals surface area (Å²) in [5.74, 6) is 0. The van der Waals surface area contributed by atoms with Crippen LogP contribution in [0.2, 0.25) is 0 Å². The first-order chi connectivity index (χ1) is 9.24. The third-order valence-corrected chi connectivity index (χ3v) is 5.08. The Morgan fingerprint density at radius 2 is 2.00 bits per heavy atom. The van der Waals surface area contributed by atoms with Gasteiger partial charge in [-0.15, -0.1) is 11.3 Å². The Morgan fingerprint density at radius 3 is 2.79 bits per heavy atom. The molecule has 1 aromatic carbocycles. The zero-order chi connectivity index (χ0) is 13.2. The van der Waals surface area contributed by atoms with Gasteiger partial charge in [0.2, 0.25) is 0 Å². The summed E-state index contributed by atoms with van der Waals surface area (Å²) in [7, 11) is 0. The van der Waals surface area contributed by atoms with Crippen LogP contribution in [0, 0.1) is 6.92 Å². The highest BCUT2D eigenvalue weighted by Gasteiger charge is 2.22. The van der Waals surface area contributed by atoms with Crippen LogP contribution in [0.15, 0.2) is 35.7 Å². The number of hydrogen-bond donors (Lipinski definition) is 1. The van der Waals surface area contributed by atoms with Crippen LogP contribution in [0.5, 0.6) is 0 Å². The fourth-order valence-corrected chi connectivity index (χ4v) is 3.90. The fraction of sp³-hybridized carbons (Fsp3) is 0.412. The van der Waals surface area contributed by atoms with Gasteiger partial charge in [0, 0.05) is 17.0 Å². The van der Waals surface area contributed by atoms with Crippen molar-refractivity contribution in [3.05, 3.63) is 57.3 Å².